The first-order valence-corrected chi connectivity index (χ1v) is 10.4. The molecule has 3 heteroatoms. The van der Waals surface area contributed by atoms with Crippen LogP contribution in [0.15, 0.2) is 78.9 Å². The van der Waals surface area contributed by atoms with Gasteiger partial charge in [0.25, 0.3) is 0 Å². The van der Waals surface area contributed by atoms with Crippen molar-refractivity contribution < 1.29 is 4.74 Å². The molecule has 2 heterocycles. The number of nitrogens with zero attached hydrogens (tertiary/aromatic N) is 1. The molecule has 26 heavy (non-hydrogen) atoms. The van der Waals surface area contributed by atoms with E-state index in [0.717, 1.165) is 22.4 Å². The third-order valence-electron chi connectivity index (χ3n) is 4.82. The molecule has 0 atom stereocenters. The maximum absolute atomic E-state index is 6.72. The van der Waals surface area contributed by atoms with E-state index < -0.39 is 5.60 Å². The van der Waals surface area contributed by atoms with E-state index in [1.807, 2.05) is 12.1 Å². The summed E-state index contributed by atoms with van der Waals surface area (Å²) in [6.07, 6.45) is 4.43. The Balaban J connectivity index is 1.74. The van der Waals surface area contributed by atoms with Gasteiger partial charge in [0.1, 0.15) is 0 Å². The van der Waals surface area contributed by atoms with Gasteiger partial charge in [-0.3, -0.25) is 0 Å². The molecule has 126 valence electrons. The van der Waals surface area contributed by atoms with E-state index in [1.165, 1.54) is 14.4 Å². The van der Waals surface area contributed by atoms with Crippen LogP contribution in [-0.2, 0) is 5.60 Å². The molecule has 0 aliphatic carbocycles. The average molecular weight is 402 g/mol. The van der Waals surface area contributed by atoms with Crippen molar-refractivity contribution in [3.8, 4) is 5.75 Å². The predicted molar refractivity (Wildman–Crippen MR) is 107 cm³/mol. The normalized spacial score (nSPS) is 14.8. The summed E-state index contributed by atoms with van der Waals surface area (Å²) in [5, 5.41) is 0. The van der Waals surface area contributed by atoms with E-state index in [2.05, 4.69) is 84.7 Å². The van der Waals surface area contributed by atoms with Gasteiger partial charge in [-0.05, 0) is 0 Å². The molecule has 0 amide bonds. The van der Waals surface area contributed by atoms with Gasteiger partial charge in [-0.2, -0.15) is 0 Å². The Morgan fingerprint density at radius 1 is 0.846 bits per heavy atom. The van der Waals surface area contributed by atoms with Gasteiger partial charge in [-0.15, -0.1) is 0 Å². The number of benzene rings is 3. The maximum atomic E-state index is 6.72. The molecule has 1 aromatic heterocycles. The number of aryl methyl sites for hydroxylation is 1. The summed E-state index contributed by atoms with van der Waals surface area (Å²) in [6, 6.07) is 25.0. The number of hydrogen-bond acceptors (Lipinski definition) is 2. The summed E-state index contributed by atoms with van der Waals surface area (Å²) >= 11 is 0.286. The number of hydrogen-bond donors (Lipinski definition) is 0. The minimum atomic E-state index is -0.606. The van der Waals surface area contributed by atoms with Crippen molar-refractivity contribution in [2.75, 3.05) is 0 Å². The molecule has 0 saturated carbocycles. The zero-order valence-electron chi connectivity index (χ0n) is 14.3. The number of ether oxygens (including phenoxy) is 1. The molecule has 0 N–H and O–H groups in total. The van der Waals surface area contributed by atoms with Crippen LogP contribution in [0.25, 0.3) is 15.9 Å². The molecule has 0 radical (unpaired) electrons. The van der Waals surface area contributed by atoms with Crippen LogP contribution >= 0.6 is 0 Å². The summed E-state index contributed by atoms with van der Waals surface area (Å²) in [7, 11) is 0. The molecule has 0 unspecified atom stereocenters. The molecule has 1 aliphatic heterocycles. The van der Waals surface area contributed by atoms with Crippen LogP contribution in [0.5, 0.6) is 5.75 Å². The van der Waals surface area contributed by atoms with Crippen LogP contribution in [-0.4, -0.2) is 19.5 Å². The summed E-state index contributed by atoms with van der Waals surface area (Å²) in [5.74, 6) is 0.936. The molecular formula is C23H17NOSe. The van der Waals surface area contributed by atoms with E-state index in [9.17, 15) is 0 Å². The van der Waals surface area contributed by atoms with Crippen LogP contribution in [0, 0.1) is 6.92 Å². The van der Waals surface area contributed by atoms with E-state index in [-0.39, 0.29) is 14.5 Å². The Morgan fingerprint density at radius 3 is 2.15 bits per heavy atom. The van der Waals surface area contributed by atoms with Crippen molar-refractivity contribution in [1.82, 2.24) is 4.98 Å². The molecule has 5 rings (SSSR count). The number of fused-ring (bicyclic) bond motifs is 3. The number of rotatable bonds is 2. The van der Waals surface area contributed by atoms with E-state index >= 15 is 0 Å². The number of aromatic nitrogens is 1. The van der Waals surface area contributed by atoms with E-state index in [0.29, 0.717) is 0 Å². The fraction of sp³-hybridized carbons (Fsp3) is 0.0870. The Labute approximate surface area is 158 Å². The molecule has 4 aromatic rings. The molecule has 1 aliphatic rings. The molecule has 0 bridgehead atoms. The van der Waals surface area contributed by atoms with E-state index in [1.54, 1.807) is 0 Å². The van der Waals surface area contributed by atoms with Crippen LogP contribution < -0.4 is 4.74 Å². The van der Waals surface area contributed by atoms with Gasteiger partial charge >= 0.3 is 158 Å². The zero-order valence-corrected chi connectivity index (χ0v) is 16.1. The average Bonchev–Trinajstić information content (AvgIpc) is 3.09. The molecular weight excluding hydrogens is 385 g/mol. The third kappa shape index (κ3) is 2.36. The first kappa shape index (κ1) is 15.6. The van der Waals surface area contributed by atoms with Crippen molar-refractivity contribution in [2.45, 2.75) is 12.5 Å². The van der Waals surface area contributed by atoms with Gasteiger partial charge in [0, 0.05) is 0 Å². The SMILES string of the molecule is Cc1nc2ccc3c(c2[se]1)C=CC(c1ccccc1)(c1ccccc1)O3. The molecule has 2 nitrogen and oxygen atoms in total. The predicted octanol–water partition coefficient (Wildman–Crippen LogP) is 4.95. The zero-order chi connectivity index (χ0) is 17.6. The Morgan fingerprint density at radius 2 is 1.50 bits per heavy atom. The quantitative estimate of drug-likeness (QED) is 0.443. The van der Waals surface area contributed by atoms with Crippen molar-refractivity contribution in [3.05, 3.63) is 100 Å². The topological polar surface area (TPSA) is 22.1 Å². The van der Waals surface area contributed by atoms with Crippen molar-refractivity contribution in [2.24, 2.45) is 0 Å². The van der Waals surface area contributed by atoms with Crippen LogP contribution in [0.1, 0.15) is 21.3 Å². The monoisotopic (exact) mass is 403 g/mol. The fourth-order valence-electron chi connectivity index (χ4n) is 3.61. The second kappa shape index (κ2) is 5.98. The molecule has 3 aromatic carbocycles. The summed E-state index contributed by atoms with van der Waals surface area (Å²) < 4.78 is 9.28. The standard InChI is InChI=1S/C23H17NOSe/c1-16-24-20-12-13-21-19(22(20)26-16)14-15-23(25-21,17-8-4-2-5-9-17)18-10-6-3-7-11-18/h2-15H,1H3. The minimum absolute atomic E-state index is 0.286. The van der Waals surface area contributed by atoms with Crippen LogP contribution in [0.2, 0.25) is 0 Å². The second-order valence-electron chi connectivity index (χ2n) is 6.46. The Bertz CT molecular complexity index is 1070. The first-order chi connectivity index (χ1) is 12.8. The Hall–Kier alpha value is -2.61. The van der Waals surface area contributed by atoms with Crippen molar-refractivity contribution in [1.29, 1.82) is 0 Å². The first-order valence-electron chi connectivity index (χ1n) is 8.66. The van der Waals surface area contributed by atoms with Crippen molar-refractivity contribution >= 4 is 30.4 Å². The summed E-state index contributed by atoms with van der Waals surface area (Å²) in [5.41, 5.74) is 3.94. The molecule has 0 spiro atoms. The van der Waals surface area contributed by atoms with Gasteiger partial charge in [-0.1, -0.05) is 0 Å². The van der Waals surface area contributed by atoms with Gasteiger partial charge in [-0.25, -0.2) is 0 Å². The van der Waals surface area contributed by atoms with Crippen LogP contribution in [0.4, 0.5) is 0 Å². The molecule has 0 saturated heterocycles. The van der Waals surface area contributed by atoms with Crippen molar-refractivity contribution in [3.63, 3.8) is 0 Å². The van der Waals surface area contributed by atoms with Gasteiger partial charge in [0.2, 0.25) is 0 Å². The Kier molecular flexibility index (Phi) is 3.59. The van der Waals surface area contributed by atoms with Crippen LogP contribution in [0.3, 0.4) is 0 Å². The fourth-order valence-corrected chi connectivity index (χ4v) is 5.57. The third-order valence-corrected chi connectivity index (χ3v) is 6.96. The van der Waals surface area contributed by atoms with Gasteiger partial charge < -0.3 is 0 Å². The van der Waals surface area contributed by atoms with Gasteiger partial charge in [0.15, 0.2) is 0 Å². The summed E-state index contributed by atoms with van der Waals surface area (Å²) in [6.45, 7) is 2.11. The second-order valence-corrected chi connectivity index (χ2v) is 8.99. The van der Waals surface area contributed by atoms with Gasteiger partial charge in [0.05, 0.1) is 0 Å². The summed E-state index contributed by atoms with van der Waals surface area (Å²) in [4.78, 5) is 4.67. The van der Waals surface area contributed by atoms with E-state index in [4.69, 9.17) is 4.74 Å². The molecule has 0 fully saturated rings.